The lowest BCUT2D eigenvalue weighted by Gasteiger charge is -2.17. The number of anilines is 1. The van der Waals surface area contributed by atoms with Gasteiger partial charge in [-0.1, -0.05) is 32.9 Å². The van der Waals surface area contributed by atoms with Gasteiger partial charge >= 0.3 is 0 Å². The van der Waals surface area contributed by atoms with Crippen LogP contribution in [0.5, 0.6) is 0 Å². The number of rotatable bonds is 7. The maximum atomic E-state index is 11.9. The van der Waals surface area contributed by atoms with Crippen molar-refractivity contribution < 1.29 is 14.7 Å². The fourth-order valence-corrected chi connectivity index (χ4v) is 2.17. The first-order chi connectivity index (χ1) is 10.7. The van der Waals surface area contributed by atoms with Gasteiger partial charge in [-0.3, -0.25) is 9.59 Å². The zero-order valence-electron chi connectivity index (χ0n) is 14.5. The third kappa shape index (κ3) is 8.35. The van der Waals surface area contributed by atoms with Gasteiger partial charge in [0.15, 0.2) is 0 Å². The van der Waals surface area contributed by atoms with Crippen LogP contribution in [-0.2, 0) is 16.0 Å². The number of hydrogen-bond acceptors (Lipinski definition) is 3. The summed E-state index contributed by atoms with van der Waals surface area (Å²) >= 11 is 0. The molecular weight excluding hydrogens is 292 g/mol. The Labute approximate surface area is 138 Å². The van der Waals surface area contributed by atoms with Gasteiger partial charge in [0.2, 0.25) is 11.8 Å². The Bertz CT molecular complexity index is 518. The van der Waals surface area contributed by atoms with Crippen molar-refractivity contribution in [2.45, 2.75) is 53.0 Å². The summed E-state index contributed by atoms with van der Waals surface area (Å²) in [5.74, 6) is -0.0868. The molecule has 0 aliphatic rings. The van der Waals surface area contributed by atoms with E-state index in [1.807, 2.05) is 39.8 Å². The molecule has 5 nitrogen and oxygen atoms in total. The van der Waals surface area contributed by atoms with E-state index < -0.39 is 0 Å². The molecule has 0 aliphatic heterocycles. The zero-order valence-corrected chi connectivity index (χ0v) is 14.5. The molecular formula is C18H28N2O3. The monoisotopic (exact) mass is 320 g/mol. The second-order valence-corrected chi connectivity index (χ2v) is 7.14. The Morgan fingerprint density at radius 1 is 1.13 bits per heavy atom. The average Bonchev–Trinajstić information content (AvgIpc) is 2.38. The quantitative estimate of drug-likeness (QED) is 0.722. The molecule has 1 aromatic rings. The van der Waals surface area contributed by atoms with Crippen LogP contribution in [0.4, 0.5) is 5.69 Å². The smallest absolute Gasteiger partial charge is 0.224 e. The average molecular weight is 320 g/mol. The van der Waals surface area contributed by atoms with Crippen LogP contribution in [0, 0.1) is 5.41 Å². The standard InChI is InChI=1S/C18H28N2O3/c1-13(9-10-21)19-16(22)11-14-5-7-15(8-6-14)20-17(23)12-18(2,3)4/h5-8,13,21H,9-12H2,1-4H3,(H,19,22)(H,20,23). The molecule has 0 fully saturated rings. The van der Waals surface area contributed by atoms with E-state index in [1.165, 1.54) is 0 Å². The van der Waals surface area contributed by atoms with E-state index in [9.17, 15) is 9.59 Å². The topological polar surface area (TPSA) is 78.4 Å². The van der Waals surface area contributed by atoms with Crippen molar-refractivity contribution in [1.82, 2.24) is 5.32 Å². The molecule has 0 aromatic heterocycles. The van der Waals surface area contributed by atoms with Crippen LogP contribution < -0.4 is 10.6 Å². The summed E-state index contributed by atoms with van der Waals surface area (Å²) in [5, 5.41) is 14.5. The summed E-state index contributed by atoms with van der Waals surface area (Å²) in [6, 6.07) is 7.25. The lowest BCUT2D eigenvalue weighted by atomic mass is 9.92. The van der Waals surface area contributed by atoms with E-state index in [1.54, 1.807) is 12.1 Å². The Morgan fingerprint density at radius 2 is 1.74 bits per heavy atom. The largest absolute Gasteiger partial charge is 0.396 e. The molecule has 5 heteroatoms. The van der Waals surface area contributed by atoms with E-state index in [4.69, 9.17) is 5.11 Å². The van der Waals surface area contributed by atoms with E-state index in [2.05, 4.69) is 10.6 Å². The predicted octanol–water partition coefficient (Wildman–Crippen LogP) is 2.49. The number of aliphatic hydroxyl groups is 1. The molecule has 1 unspecified atom stereocenters. The second-order valence-electron chi connectivity index (χ2n) is 7.14. The first-order valence-corrected chi connectivity index (χ1v) is 7.98. The number of carbonyl (C=O) groups is 2. The first kappa shape index (κ1) is 19.2. The van der Waals surface area contributed by atoms with E-state index in [0.29, 0.717) is 12.8 Å². The summed E-state index contributed by atoms with van der Waals surface area (Å²) in [4.78, 5) is 23.7. The lowest BCUT2D eigenvalue weighted by molar-refractivity contribution is -0.121. The summed E-state index contributed by atoms with van der Waals surface area (Å²) < 4.78 is 0. The molecule has 0 saturated heterocycles. The normalized spacial score (nSPS) is 12.6. The molecule has 0 aliphatic carbocycles. The molecule has 3 N–H and O–H groups in total. The van der Waals surface area contributed by atoms with Gasteiger partial charge in [-0.2, -0.15) is 0 Å². The van der Waals surface area contributed by atoms with Crippen molar-refractivity contribution in [3.63, 3.8) is 0 Å². The Morgan fingerprint density at radius 3 is 2.26 bits per heavy atom. The Balaban J connectivity index is 2.50. The van der Waals surface area contributed by atoms with Crippen LogP contribution in [0.25, 0.3) is 0 Å². The molecule has 0 saturated carbocycles. The highest BCUT2D eigenvalue weighted by atomic mass is 16.3. The minimum Gasteiger partial charge on any atom is -0.396 e. The van der Waals surface area contributed by atoms with Crippen molar-refractivity contribution in [2.24, 2.45) is 5.41 Å². The van der Waals surface area contributed by atoms with Gasteiger partial charge < -0.3 is 15.7 Å². The molecule has 1 rings (SSSR count). The molecule has 2 amide bonds. The van der Waals surface area contributed by atoms with Gasteiger partial charge in [0, 0.05) is 24.8 Å². The van der Waals surface area contributed by atoms with E-state index >= 15 is 0 Å². The first-order valence-electron chi connectivity index (χ1n) is 7.98. The third-order valence-corrected chi connectivity index (χ3v) is 3.26. The lowest BCUT2D eigenvalue weighted by Crippen LogP contribution is -2.34. The fraction of sp³-hybridized carbons (Fsp3) is 0.556. The Kier molecular flexibility index (Phi) is 7.23. The van der Waals surface area contributed by atoms with Crippen molar-refractivity contribution >= 4 is 17.5 Å². The number of benzene rings is 1. The van der Waals surface area contributed by atoms with Gasteiger partial charge in [-0.05, 0) is 36.5 Å². The molecule has 0 spiro atoms. The van der Waals surface area contributed by atoms with E-state index in [0.717, 1.165) is 11.3 Å². The summed E-state index contributed by atoms with van der Waals surface area (Å²) in [6.07, 6.45) is 1.29. The van der Waals surface area contributed by atoms with Crippen LogP contribution in [-0.4, -0.2) is 29.6 Å². The molecule has 128 valence electrons. The summed E-state index contributed by atoms with van der Waals surface area (Å²) in [5.41, 5.74) is 1.57. The maximum Gasteiger partial charge on any atom is 0.224 e. The molecule has 1 aromatic carbocycles. The van der Waals surface area contributed by atoms with Crippen molar-refractivity contribution in [3.05, 3.63) is 29.8 Å². The third-order valence-electron chi connectivity index (χ3n) is 3.26. The minimum atomic E-state index is -0.0736. The van der Waals surface area contributed by atoms with Crippen molar-refractivity contribution in [2.75, 3.05) is 11.9 Å². The number of nitrogens with one attached hydrogen (secondary N) is 2. The highest BCUT2D eigenvalue weighted by Crippen LogP contribution is 2.19. The highest BCUT2D eigenvalue weighted by molar-refractivity contribution is 5.91. The number of aliphatic hydroxyl groups excluding tert-OH is 1. The molecule has 0 radical (unpaired) electrons. The van der Waals surface area contributed by atoms with Crippen LogP contribution in [0.3, 0.4) is 0 Å². The SMILES string of the molecule is CC(CCO)NC(=O)Cc1ccc(NC(=O)CC(C)(C)C)cc1. The van der Waals surface area contributed by atoms with Gasteiger partial charge in [-0.25, -0.2) is 0 Å². The van der Waals surface area contributed by atoms with Gasteiger partial charge in [0.1, 0.15) is 0 Å². The molecule has 0 bridgehead atoms. The molecule has 1 atom stereocenters. The maximum absolute atomic E-state index is 11.9. The van der Waals surface area contributed by atoms with Crippen LogP contribution in [0.2, 0.25) is 0 Å². The van der Waals surface area contributed by atoms with Crippen LogP contribution in [0.15, 0.2) is 24.3 Å². The van der Waals surface area contributed by atoms with Gasteiger partial charge in [0.25, 0.3) is 0 Å². The number of hydrogen-bond donors (Lipinski definition) is 3. The number of carbonyl (C=O) groups excluding carboxylic acids is 2. The summed E-state index contributed by atoms with van der Waals surface area (Å²) in [7, 11) is 0. The van der Waals surface area contributed by atoms with Crippen LogP contribution >= 0.6 is 0 Å². The minimum absolute atomic E-state index is 0.0131. The van der Waals surface area contributed by atoms with Crippen molar-refractivity contribution in [1.29, 1.82) is 0 Å². The number of amides is 2. The van der Waals surface area contributed by atoms with Gasteiger partial charge in [-0.15, -0.1) is 0 Å². The second kappa shape index (κ2) is 8.67. The predicted molar refractivity (Wildman–Crippen MR) is 92.2 cm³/mol. The highest BCUT2D eigenvalue weighted by Gasteiger charge is 2.16. The zero-order chi connectivity index (χ0) is 17.5. The van der Waals surface area contributed by atoms with E-state index in [-0.39, 0.29) is 36.3 Å². The van der Waals surface area contributed by atoms with Crippen molar-refractivity contribution in [3.8, 4) is 0 Å². The van der Waals surface area contributed by atoms with Crippen LogP contribution in [0.1, 0.15) is 46.1 Å². The van der Waals surface area contributed by atoms with Gasteiger partial charge in [0.05, 0.1) is 6.42 Å². The molecule has 23 heavy (non-hydrogen) atoms. The summed E-state index contributed by atoms with van der Waals surface area (Å²) in [6.45, 7) is 7.98. The fourth-order valence-electron chi connectivity index (χ4n) is 2.17. The Hall–Kier alpha value is -1.88. The molecule has 0 heterocycles.